The molecule has 1 saturated carbocycles. The molecular weight excluding hydrogens is 320 g/mol. The highest BCUT2D eigenvalue weighted by molar-refractivity contribution is 7.09. The second-order valence-electron chi connectivity index (χ2n) is 7.31. The summed E-state index contributed by atoms with van der Waals surface area (Å²) >= 11 is 1.77. The lowest BCUT2D eigenvalue weighted by molar-refractivity contribution is 0.168. The highest BCUT2D eigenvalue weighted by Crippen LogP contribution is 2.42. The Hall–Kier alpha value is -1.82. The summed E-state index contributed by atoms with van der Waals surface area (Å²) in [5.41, 5.74) is 1.83. The van der Waals surface area contributed by atoms with Gasteiger partial charge in [-0.05, 0) is 44.1 Å². The Balaban J connectivity index is 1.51. The first-order valence-corrected chi connectivity index (χ1v) is 9.58. The maximum atomic E-state index is 12.9. The molecule has 0 bridgehead atoms. The first kappa shape index (κ1) is 15.7. The largest absolute Gasteiger partial charge is 0.322 e. The van der Waals surface area contributed by atoms with Gasteiger partial charge < -0.3 is 10.2 Å². The van der Waals surface area contributed by atoms with Crippen LogP contribution < -0.4 is 5.32 Å². The maximum Gasteiger partial charge on any atom is 0.322 e. The third-order valence-electron chi connectivity index (χ3n) is 5.19. The van der Waals surface area contributed by atoms with Crippen LogP contribution in [0.5, 0.6) is 0 Å². The van der Waals surface area contributed by atoms with Crippen molar-refractivity contribution >= 4 is 23.1 Å². The van der Waals surface area contributed by atoms with Crippen LogP contribution in [0.1, 0.15) is 49.1 Å². The van der Waals surface area contributed by atoms with Gasteiger partial charge in [0.1, 0.15) is 0 Å². The van der Waals surface area contributed by atoms with Gasteiger partial charge in [-0.2, -0.15) is 5.10 Å². The monoisotopic (exact) mass is 344 g/mol. The van der Waals surface area contributed by atoms with Crippen molar-refractivity contribution in [3.05, 3.63) is 34.3 Å². The van der Waals surface area contributed by atoms with Crippen LogP contribution in [0.3, 0.4) is 0 Å². The molecule has 0 spiro atoms. The lowest BCUT2D eigenvalue weighted by Crippen LogP contribution is -2.48. The van der Waals surface area contributed by atoms with Crippen LogP contribution in [0.25, 0.3) is 0 Å². The molecule has 1 atom stereocenters. The van der Waals surface area contributed by atoms with Crippen LogP contribution in [-0.2, 0) is 13.5 Å². The van der Waals surface area contributed by atoms with E-state index in [4.69, 9.17) is 0 Å². The van der Waals surface area contributed by atoms with Gasteiger partial charge in [0.15, 0.2) is 0 Å². The zero-order valence-corrected chi connectivity index (χ0v) is 15.1. The van der Waals surface area contributed by atoms with Gasteiger partial charge in [-0.25, -0.2) is 4.79 Å². The molecule has 6 heteroatoms. The molecule has 1 aliphatic carbocycles. The van der Waals surface area contributed by atoms with E-state index < -0.39 is 0 Å². The average Bonchev–Trinajstić information content (AvgIpc) is 2.93. The molecule has 1 unspecified atom stereocenters. The van der Waals surface area contributed by atoms with Crippen LogP contribution in [0.4, 0.5) is 10.5 Å². The number of hydrogen-bond acceptors (Lipinski definition) is 3. The summed E-state index contributed by atoms with van der Waals surface area (Å²) < 4.78 is 1.80. The van der Waals surface area contributed by atoms with Gasteiger partial charge >= 0.3 is 6.03 Å². The Morgan fingerprint density at radius 1 is 1.50 bits per heavy atom. The van der Waals surface area contributed by atoms with Gasteiger partial charge in [0.2, 0.25) is 0 Å². The predicted molar refractivity (Wildman–Crippen MR) is 96.6 cm³/mol. The van der Waals surface area contributed by atoms with E-state index in [1.807, 2.05) is 18.1 Å². The summed E-state index contributed by atoms with van der Waals surface area (Å²) in [7, 11) is 1.91. The first-order valence-electron chi connectivity index (χ1n) is 8.70. The quantitative estimate of drug-likeness (QED) is 0.912. The van der Waals surface area contributed by atoms with E-state index in [-0.39, 0.29) is 11.6 Å². The molecule has 2 amide bonds. The Labute approximate surface area is 146 Å². The van der Waals surface area contributed by atoms with Crippen LogP contribution >= 0.6 is 11.3 Å². The van der Waals surface area contributed by atoms with Crippen molar-refractivity contribution in [1.82, 2.24) is 14.7 Å². The number of carbonyl (C=O) groups excluding carboxylic acids is 1. The van der Waals surface area contributed by atoms with Crippen LogP contribution in [0, 0.1) is 0 Å². The van der Waals surface area contributed by atoms with Gasteiger partial charge in [-0.15, -0.1) is 11.3 Å². The molecule has 2 aliphatic rings. The molecule has 128 valence electrons. The van der Waals surface area contributed by atoms with E-state index in [1.165, 1.54) is 17.7 Å². The molecule has 2 fully saturated rings. The molecule has 24 heavy (non-hydrogen) atoms. The Kier molecular flexibility index (Phi) is 3.87. The number of urea groups is 1. The van der Waals surface area contributed by atoms with Crippen molar-refractivity contribution in [3.63, 3.8) is 0 Å². The summed E-state index contributed by atoms with van der Waals surface area (Å²) in [5.74, 6) is 0.526. The summed E-state index contributed by atoms with van der Waals surface area (Å²) in [5, 5.41) is 9.78. The SMILES string of the molecule is Cn1cc(NC(=O)N2CCCC2(C)Cc2cccs2)c(C2CC2)n1. The van der Waals surface area contributed by atoms with Crippen molar-refractivity contribution in [2.75, 3.05) is 11.9 Å². The molecule has 2 aromatic rings. The third kappa shape index (κ3) is 2.95. The van der Waals surface area contributed by atoms with Gasteiger partial charge in [0, 0.05) is 42.5 Å². The Morgan fingerprint density at radius 3 is 3.04 bits per heavy atom. The van der Waals surface area contributed by atoms with Crippen molar-refractivity contribution in [1.29, 1.82) is 0 Å². The smallest absolute Gasteiger partial charge is 0.319 e. The number of likely N-dealkylation sites (tertiary alicyclic amines) is 1. The number of nitrogens with one attached hydrogen (secondary N) is 1. The van der Waals surface area contributed by atoms with Gasteiger partial charge in [-0.1, -0.05) is 6.07 Å². The average molecular weight is 344 g/mol. The molecule has 1 saturated heterocycles. The predicted octanol–water partition coefficient (Wildman–Crippen LogP) is 3.99. The second kappa shape index (κ2) is 5.92. The number of amides is 2. The number of thiophene rings is 1. The minimum Gasteiger partial charge on any atom is -0.319 e. The molecule has 3 heterocycles. The lowest BCUT2D eigenvalue weighted by Gasteiger charge is -2.35. The van der Waals surface area contributed by atoms with E-state index in [2.05, 4.69) is 34.9 Å². The van der Waals surface area contributed by atoms with Crippen molar-refractivity contribution in [3.8, 4) is 0 Å². The highest BCUT2D eigenvalue weighted by atomic mass is 32.1. The molecular formula is C18H24N4OS. The molecule has 1 N–H and O–H groups in total. The minimum atomic E-state index is -0.100. The molecule has 0 aromatic carbocycles. The van der Waals surface area contributed by atoms with Crippen molar-refractivity contribution in [2.45, 2.75) is 50.5 Å². The Bertz CT molecular complexity index is 734. The van der Waals surface area contributed by atoms with E-state index in [1.54, 1.807) is 16.0 Å². The van der Waals surface area contributed by atoms with E-state index >= 15 is 0 Å². The summed E-state index contributed by atoms with van der Waals surface area (Å²) in [6, 6.07) is 4.26. The number of carbonyl (C=O) groups is 1. The molecule has 5 nitrogen and oxygen atoms in total. The van der Waals surface area contributed by atoms with Crippen LogP contribution in [-0.4, -0.2) is 32.8 Å². The van der Waals surface area contributed by atoms with E-state index in [0.29, 0.717) is 5.92 Å². The van der Waals surface area contributed by atoms with Gasteiger partial charge in [0.25, 0.3) is 0 Å². The fourth-order valence-electron chi connectivity index (χ4n) is 3.78. The first-order chi connectivity index (χ1) is 11.5. The van der Waals surface area contributed by atoms with Crippen LogP contribution in [0.2, 0.25) is 0 Å². The minimum absolute atomic E-state index is 0.0152. The standard InChI is InChI=1S/C18H24N4OS/c1-18(11-14-5-3-10-24-14)8-4-9-22(18)17(23)19-15-12-21(2)20-16(15)13-6-7-13/h3,5,10,12-13H,4,6-9,11H2,1-2H3,(H,19,23). The van der Waals surface area contributed by atoms with E-state index in [0.717, 1.165) is 37.2 Å². The summed E-state index contributed by atoms with van der Waals surface area (Å²) in [6.07, 6.45) is 7.34. The third-order valence-corrected chi connectivity index (χ3v) is 6.07. The number of aryl methyl sites for hydroxylation is 1. The van der Waals surface area contributed by atoms with Crippen molar-refractivity contribution in [2.24, 2.45) is 7.05 Å². The normalized spacial score (nSPS) is 23.7. The molecule has 1 aliphatic heterocycles. The molecule has 2 aromatic heterocycles. The topological polar surface area (TPSA) is 50.2 Å². The lowest BCUT2D eigenvalue weighted by atomic mass is 9.94. The number of aromatic nitrogens is 2. The van der Waals surface area contributed by atoms with Crippen LogP contribution in [0.15, 0.2) is 23.7 Å². The number of anilines is 1. The summed E-state index contributed by atoms with van der Waals surface area (Å²) in [6.45, 7) is 3.04. The Morgan fingerprint density at radius 2 is 2.33 bits per heavy atom. The second-order valence-corrected chi connectivity index (χ2v) is 8.35. The van der Waals surface area contributed by atoms with Gasteiger partial charge in [0.05, 0.1) is 11.4 Å². The zero-order valence-electron chi connectivity index (χ0n) is 14.3. The zero-order chi connectivity index (χ0) is 16.7. The molecule has 4 rings (SSSR count). The number of rotatable bonds is 4. The van der Waals surface area contributed by atoms with Gasteiger partial charge in [-0.3, -0.25) is 4.68 Å². The fraction of sp³-hybridized carbons (Fsp3) is 0.556. The molecule has 0 radical (unpaired) electrons. The highest BCUT2D eigenvalue weighted by Gasteiger charge is 2.40. The number of nitrogens with zero attached hydrogens (tertiary/aromatic N) is 3. The van der Waals surface area contributed by atoms with E-state index in [9.17, 15) is 4.79 Å². The maximum absolute atomic E-state index is 12.9. The fourth-order valence-corrected chi connectivity index (χ4v) is 4.67. The number of hydrogen-bond donors (Lipinski definition) is 1. The van der Waals surface area contributed by atoms with Crippen molar-refractivity contribution < 1.29 is 4.79 Å². The summed E-state index contributed by atoms with van der Waals surface area (Å²) in [4.78, 5) is 16.3.